The van der Waals surface area contributed by atoms with Gasteiger partial charge in [0.25, 0.3) is 0 Å². The van der Waals surface area contributed by atoms with Gasteiger partial charge in [-0.2, -0.15) is 0 Å². The highest BCUT2D eigenvalue weighted by Gasteiger charge is 2.28. The Kier molecular flexibility index (Phi) is 3.94. The molecule has 17 heavy (non-hydrogen) atoms. The number of carbonyl (C=O) groups excluding carboxylic acids is 1. The van der Waals surface area contributed by atoms with Crippen LogP contribution < -0.4 is 5.32 Å². The third kappa shape index (κ3) is 2.88. The second-order valence-corrected chi connectivity index (χ2v) is 3.61. The van der Waals surface area contributed by atoms with E-state index in [2.05, 4.69) is 11.2 Å². The first-order valence-electron chi connectivity index (χ1n) is 5.00. The van der Waals surface area contributed by atoms with Gasteiger partial charge < -0.3 is 15.2 Å². The number of esters is 1. The van der Waals surface area contributed by atoms with E-state index in [1.165, 1.54) is 6.08 Å². The van der Waals surface area contributed by atoms with E-state index in [4.69, 9.17) is 16.3 Å². The van der Waals surface area contributed by atoms with Gasteiger partial charge in [-0.3, -0.25) is 0 Å². The number of aliphatic carboxylic acids is 1. The second kappa shape index (κ2) is 5.21. The number of ether oxygens (including phenoxy) is 1. The van der Waals surface area contributed by atoms with E-state index in [0.717, 1.165) is 0 Å². The molecule has 1 atom stereocenters. The number of carboxylic acid groups (broad SMARTS) is 1. The van der Waals surface area contributed by atoms with Gasteiger partial charge in [0, 0.05) is 5.70 Å². The molecule has 0 bridgehead atoms. The predicted molar refractivity (Wildman–Crippen MR) is 60.8 cm³/mol. The Morgan fingerprint density at radius 1 is 1.65 bits per heavy atom. The van der Waals surface area contributed by atoms with Gasteiger partial charge in [-0.1, -0.05) is 5.92 Å². The number of hydrogen-bond donors (Lipinski definition) is 2. The maximum Gasteiger partial charge on any atom is 0.337 e. The molecule has 0 spiro atoms. The zero-order valence-electron chi connectivity index (χ0n) is 9.61. The number of allylic oxidation sites excluding steroid dienone is 1. The number of rotatable bonds is 3. The molecular weight excluding hydrogens is 222 g/mol. The van der Waals surface area contributed by atoms with E-state index in [-0.39, 0.29) is 17.8 Å². The fourth-order valence-electron chi connectivity index (χ4n) is 1.63. The summed E-state index contributed by atoms with van der Waals surface area (Å²) in [4.78, 5) is 22.7. The molecule has 0 saturated heterocycles. The van der Waals surface area contributed by atoms with Crippen LogP contribution in [0.3, 0.4) is 0 Å². The van der Waals surface area contributed by atoms with Gasteiger partial charge in [-0.05, 0) is 19.9 Å². The summed E-state index contributed by atoms with van der Waals surface area (Å²) in [6, 6.07) is -0.420. The first kappa shape index (κ1) is 12.8. The molecule has 0 aromatic carbocycles. The summed E-state index contributed by atoms with van der Waals surface area (Å²) < 4.78 is 4.75. The number of dihydropyridines is 1. The van der Waals surface area contributed by atoms with Crippen LogP contribution in [-0.4, -0.2) is 29.7 Å². The largest absolute Gasteiger partial charge is 0.478 e. The third-order valence-corrected chi connectivity index (χ3v) is 2.27. The molecule has 0 amide bonds. The van der Waals surface area contributed by atoms with Crippen molar-refractivity contribution in [3.8, 4) is 12.3 Å². The Morgan fingerprint density at radius 2 is 2.29 bits per heavy atom. The van der Waals surface area contributed by atoms with Crippen molar-refractivity contribution in [2.75, 3.05) is 6.61 Å². The van der Waals surface area contributed by atoms with Crippen LogP contribution >= 0.6 is 0 Å². The summed E-state index contributed by atoms with van der Waals surface area (Å²) in [6.07, 6.45) is 6.37. The maximum atomic E-state index is 11.7. The van der Waals surface area contributed by atoms with Gasteiger partial charge in [-0.15, -0.1) is 6.42 Å². The summed E-state index contributed by atoms with van der Waals surface area (Å²) in [5.74, 6) is 0.290. The summed E-state index contributed by atoms with van der Waals surface area (Å²) in [6.45, 7) is 3.24. The van der Waals surface area contributed by atoms with Gasteiger partial charge >= 0.3 is 11.9 Å². The summed E-state index contributed by atoms with van der Waals surface area (Å²) in [7, 11) is 0. The van der Waals surface area contributed by atoms with Crippen LogP contribution in [0.5, 0.6) is 0 Å². The second-order valence-electron chi connectivity index (χ2n) is 3.61. The van der Waals surface area contributed by atoms with Crippen molar-refractivity contribution in [1.82, 2.24) is 5.32 Å². The molecule has 0 radical (unpaired) electrons. The molecule has 0 fully saturated rings. The molecular formula is C12H13NO4. The first-order valence-corrected chi connectivity index (χ1v) is 5.00. The van der Waals surface area contributed by atoms with E-state index < -0.39 is 18.0 Å². The molecule has 1 aliphatic rings. The van der Waals surface area contributed by atoms with Crippen LogP contribution in [0.25, 0.3) is 0 Å². The van der Waals surface area contributed by atoms with Gasteiger partial charge in [0.2, 0.25) is 0 Å². The fraction of sp³-hybridized carbons (Fsp3) is 0.333. The van der Waals surface area contributed by atoms with Gasteiger partial charge in [0.1, 0.15) is 0 Å². The molecule has 5 nitrogen and oxygen atoms in total. The number of hydrogen-bond acceptors (Lipinski definition) is 4. The summed E-state index contributed by atoms with van der Waals surface area (Å²) in [5.41, 5.74) is 0.706. The van der Waals surface area contributed by atoms with Gasteiger partial charge in [0.05, 0.1) is 17.2 Å². The maximum absolute atomic E-state index is 11.7. The molecule has 0 aromatic rings. The number of carboxylic acids is 1. The Bertz CT molecular complexity index is 454. The van der Waals surface area contributed by atoms with E-state index >= 15 is 0 Å². The lowest BCUT2D eigenvalue weighted by Gasteiger charge is -2.23. The first-order chi connectivity index (χ1) is 7.97. The molecule has 2 N–H and O–H groups in total. The molecule has 5 heteroatoms. The molecule has 1 rings (SSSR count). The van der Waals surface area contributed by atoms with E-state index in [0.29, 0.717) is 5.70 Å². The Morgan fingerprint density at radius 3 is 2.82 bits per heavy atom. The van der Waals surface area contributed by atoms with Crippen LogP contribution in [0, 0.1) is 12.3 Å². The van der Waals surface area contributed by atoms with Gasteiger partial charge in [-0.25, -0.2) is 9.59 Å². The Balaban J connectivity index is 3.12. The smallest absolute Gasteiger partial charge is 0.337 e. The molecule has 1 unspecified atom stereocenters. The number of nitrogens with one attached hydrogen (secondary N) is 1. The van der Waals surface area contributed by atoms with Gasteiger partial charge in [0.15, 0.2) is 6.61 Å². The Labute approximate surface area is 99.1 Å². The minimum atomic E-state index is -1.16. The highest BCUT2D eigenvalue weighted by molar-refractivity contribution is 6.03. The van der Waals surface area contributed by atoms with Crippen molar-refractivity contribution in [1.29, 1.82) is 0 Å². The van der Waals surface area contributed by atoms with Crippen molar-refractivity contribution in [2.45, 2.75) is 19.9 Å². The quantitative estimate of drug-likeness (QED) is 0.548. The predicted octanol–water partition coefficient (Wildman–Crippen LogP) is 0.440. The zero-order valence-corrected chi connectivity index (χ0v) is 9.61. The fourth-order valence-corrected chi connectivity index (χ4v) is 1.63. The van der Waals surface area contributed by atoms with Crippen molar-refractivity contribution in [2.24, 2.45) is 0 Å². The molecule has 0 saturated carbocycles. The van der Waals surface area contributed by atoms with Crippen molar-refractivity contribution >= 4 is 11.9 Å². The summed E-state index contributed by atoms with van der Waals surface area (Å²) in [5, 5.41) is 12.0. The van der Waals surface area contributed by atoms with Crippen LogP contribution in [0.2, 0.25) is 0 Å². The van der Waals surface area contributed by atoms with E-state index in [1.807, 2.05) is 0 Å². The SMILES string of the molecule is C#CCOC(=O)C1=C(C(=O)O)C=C(C)NC1C. The number of terminal acetylenes is 1. The monoisotopic (exact) mass is 235 g/mol. The molecule has 0 aromatic heterocycles. The number of carbonyl (C=O) groups is 2. The lowest BCUT2D eigenvalue weighted by Crippen LogP contribution is -2.36. The highest BCUT2D eigenvalue weighted by Crippen LogP contribution is 2.20. The average molecular weight is 235 g/mol. The standard InChI is InChI=1S/C12H13NO4/c1-4-5-17-12(16)10-8(3)13-7(2)6-9(10)11(14)15/h1,6,8,13H,5H2,2-3H3,(H,14,15). The highest BCUT2D eigenvalue weighted by atomic mass is 16.5. The van der Waals surface area contributed by atoms with Crippen LogP contribution in [0.1, 0.15) is 13.8 Å². The van der Waals surface area contributed by atoms with Crippen LogP contribution in [0.4, 0.5) is 0 Å². The van der Waals surface area contributed by atoms with Crippen LogP contribution in [0.15, 0.2) is 22.9 Å². The lowest BCUT2D eigenvalue weighted by molar-refractivity contribution is -0.139. The molecule has 0 aliphatic carbocycles. The van der Waals surface area contributed by atoms with Crippen molar-refractivity contribution in [3.05, 3.63) is 22.9 Å². The zero-order chi connectivity index (χ0) is 13.0. The average Bonchev–Trinajstić information content (AvgIpc) is 2.24. The van der Waals surface area contributed by atoms with Crippen molar-refractivity contribution < 1.29 is 19.4 Å². The molecule has 90 valence electrons. The Hall–Kier alpha value is -2.22. The topological polar surface area (TPSA) is 75.6 Å². The van der Waals surface area contributed by atoms with E-state index in [1.54, 1.807) is 13.8 Å². The minimum Gasteiger partial charge on any atom is -0.478 e. The minimum absolute atomic E-state index is 0.0595. The van der Waals surface area contributed by atoms with E-state index in [9.17, 15) is 9.59 Å². The van der Waals surface area contributed by atoms with Crippen LogP contribution in [-0.2, 0) is 14.3 Å². The third-order valence-electron chi connectivity index (χ3n) is 2.27. The molecule has 1 heterocycles. The lowest BCUT2D eigenvalue weighted by atomic mass is 9.97. The summed E-state index contributed by atoms with van der Waals surface area (Å²) >= 11 is 0. The molecule has 1 aliphatic heterocycles. The normalized spacial score (nSPS) is 18.9. The van der Waals surface area contributed by atoms with Crippen molar-refractivity contribution in [3.63, 3.8) is 0 Å².